The normalized spacial score (nSPS) is 27.5. The highest BCUT2D eigenvalue weighted by Gasteiger charge is 2.50. The molecule has 2 atom stereocenters. The number of nitrogens with one attached hydrogen (secondary N) is 2. The van der Waals surface area contributed by atoms with E-state index in [9.17, 15) is 9.59 Å². The second-order valence-corrected chi connectivity index (χ2v) is 6.91. The molecule has 1 spiro atoms. The van der Waals surface area contributed by atoms with Crippen LogP contribution in [0.3, 0.4) is 0 Å². The maximum absolute atomic E-state index is 13.1. The van der Waals surface area contributed by atoms with E-state index in [4.69, 9.17) is 0 Å². The largest absolute Gasteiger partial charge is 0.356 e. The molecule has 24 heavy (non-hydrogen) atoms. The second-order valence-electron chi connectivity index (χ2n) is 6.91. The van der Waals surface area contributed by atoms with Gasteiger partial charge in [0.1, 0.15) is 0 Å². The monoisotopic (exact) mass is 326 g/mol. The summed E-state index contributed by atoms with van der Waals surface area (Å²) in [6.07, 6.45) is 3.53. The Kier molecular flexibility index (Phi) is 3.55. The number of carbonyl (C=O) groups excluding carboxylic acids is 2. The van der Waals surface area contributed by atoms with E-state index in [2.05, 4.69) is 15.5 Å². The third kappa shape index (κ3) is 2.12. The average molecular weight is 326 g/mol. The van der Waals surface area contributed by atoms with Crippen LogP contribution in [0.1, 0.15) is 43.1 Å². The van der Waals surface area contributed by atoms with E-state index in [1.165, 1.54) is 0 Å². The first-order valence-corrected chi connectivity index (χ1v) is 8.66. The van der Waals surface area contributed by atoms with Crippen LogP contribution >= 0.6 is 0 Å². The molecule has 2 aliphatic rings. The van der Waals surface area contributed by atoms with Crippen molar-refractivity contribution in [2.75, 3.05) is 13.1 Å². The Labute approximate surface area is 140 Å². The maximum atomic E-state index is 13.1. The number of nitrogens with zero attached hydrogens (tertiary/aromatic N) is 2. The van der Waals surface area contributed by atoms with Gasteiger partial charge in [-0.3, -0.25) is 14.7 Å². The minimum atomic E-state index is -0.446. The number of amides is 2. The highest BCUT2D eigenvalue weighted by Crippen LogP contribution is 2.42. The zero-order valence-electron chi connectivity index (χ0n) is 13.8. The van der Waals surface area contributed by atoms with Gasteiger partial charge in [0.05, 0.1) is 10.9 Å². The lowest BCUT2D eigenvalue weighted by Gasteiger charge is -2.49. The number of H-pyrrole nitrogens is 1. The smallest absolute Gasteiger partial charge is 0.275 e. The lowest BCUT2D eigenvalue weighted by molar-refractivity contribution is -0.140. The van der Waals surface area contributed by atoms with Gasteiger partial charge in [0, 0.05) is 24.5 Å². The molecule has 2 saturated heterocycles. The molecular formula is C18H22N4O2. The molecule has 2 N–H and O–H groups in total. The number of aromatic nitrogens is 2. The zero-order chi connectivity index (χ0) is 16.7. The van der Waals surface area contributed by atoms with Gasteiger partial charge in [-0.1, -0.05) is 18.2 Å². The third-order valence-corrected chi connectivity index (χ3v) is 5.76. The lowest BCUT2D eigenvalue weighted by Crippen LogP contribution is -2.61. The number of benzene rings is 1. The van der Waals surface area contributed by atoms with Crippen molar-refractivity contribution < 1.29 is 9.59 Å². The van der Waals surface area contributed by atoms with E-state index >= 15 is 0 Å². The molecular weight excluding hydrogens is 304 g/mol. The molecule has 0 aliphatic carbocycles. The Hall–Kier alpha value is -2.37. The zero-order valence-corrected chi connectivity index (χ0v) is 13.8. The van der Waals surface area contributed by atoms with Crippen LogP contribution in [0.25, 0.3) is 10.9 Å². The number of likely N-dealkylation sites (tertiary alicyclic amines) is 1. The fourth-order valence-corrected chi connectivity index (χ4v) is 4.34. The number of para-hydroxylation sites is 1. The first-order chi connectivity index (χ1) is 11.6. The number of carbonyl (C=O) groups is 2. The van der Waals surface area contributed by atoms with Crippen molar-refractivity contribution in [2.24, 2.45) is 5.41 Å². The fraction of sp³-hybridized carbons (Fsp3) is 0.500. The van der Waals surface area contributed by atoms with Crippen molar-refractivity contribution in [1.29, 1.82) is 0 Å². The predicted molar refractivity (Wildman–Crippen MR) is 90.5 cm³/mol. The van der Waals surface area contributed by atoms with Crippen LogP contribution in [0.4, 0.5) is 0 Å². The summed E-state index contributed by atoms with van der Waals surface area (Å²) in [6, 6.07) is 7.53. The van der Waals surface area contributed by atoms with Crippen LogP contribution in [0.5, 0.6) is 0 Å². The summed E-state index contributed by atoms with van der Waals surface area (Å²) in [5.41, 5.74) is 0.861. The van der Waals surface area contributed by atoms with E-state index < -0.39 is 5.41 Å². The van der Waals surface area contributed by atoms with Gasteiger partial charge in [-0.15, -0.1) is 0 Å². The van der Waals surface area contributed by atoms with Gasteiger partial charge in [-0.2, -0.15) is 5.10 Å². The van der Waals surface area contributed by atoms with Crippen molar-refractivity contribution in [2.45, 2.75) is 38.6 Å². The van der Waals surface area contributed by atoms with Gasteiger partial charge < -0.3 is 10.2 Å². The molecule has 2 amide bonds. The molecule has 0 saturated carbocycles. The third-order valence-electron chi connectivity index (χ3n) is 5.76. The van der Waals surface area contributed by atoms with Crippen molar-refractivity contribution in [3.05, 3.63) is 30.0 Å². The molecule has 2 aromatic rings. The van der Waals surface area contributed by atoms with E-state index in [0.29, 0.717) is 12.2 Å². The molecule has 0 radical (unpaired) electrons. The van der Waals surface area contributed by atoms with Crippen LogP contribution in [0, 0.1) is 5.41 Å². The van der Waals surface area contributed by atoms with Crippen LogP contribution in [0.2, 0.25) is 0 Å². The Morgan fingerprint density at radius 3 is 2.92 bits per heavy atom. The summed E-state index contributed by atoms with van der Waals surface area (Å²) in [7, 11) is 0. The van der Waals surface area contributed by atoms with E-state index in [0.717, 1.165) is 43.1 Å². The quantitative estimate of drug-likeness (QED) is 0.842. The molecule has 1 aromatic heterocycles. The first kappa shape index (κ1) is 15.2. The summed E-state index contributed by atoms with van der Waals surface area (Å²) >= 11 is 0. The Balaban J connectivity index is 1.68. The van der Waals surface area contributed by atoms with E-state index in [-0.39, 0.29) is 17.9 Å². The molecule has 0 bridgehead atoms. The minimum Gasteiger partial charge on any atom is -0.356 e. The number of hydrogen-bond acceptors (Lipinski definition) is 3. The SMILES string of the molecule is C[C@@H]1N(C(=O)c2n[nH]c3ccccc23)CCC[C@@]12CCCNC2=O. The van der Waals surface area contributed by atoms with Gasteiger partial charge >= 0.3 is 0 Å². The second kappa shape index (κ2) is 5.61. The summed E-state index contributed by atoms with van der Waals surface area (Å²) in [6.45, 7) is 3.43. The Morgan fingerprint density at radius 1 is 1.29 bits per heavy atom. The van der Waals surface area contributed by atoms with Crippen LogP contribution in [-0.4, -0.2) is 46.0 Å². The van der Waals surface area contributed by atoms with E-state index in [1.54, 1.807) is 0 Å². The van der Waals surface area contributed by atoms with Crippen molar-refractivity contribution in [1.82, 2.24) is 20.4 Å². The summed E-state index contributed by atoms with van der Waals surface area (Å²) in [5, 5.41) is 11.0. The number of rotatable bonds is 1. The topological polar surface area (TPSA) is 78.1 Å². The first-order valence-electron chi connectivity index (χ1n) is 8.66. The molecule has 126 valence electrons. The number of piperidine rings is 2. The average Bonchev–Trinajstić information content (AvgIpc) is 3.03. The lowest BCUT2D eigenvalue weighted by atomic mass is 9.68. The van der Waals surface area contributed by atoms with Gasteiger partial charge in [0.25, 0.3) is 5.91 Å². The summed E-state index contributed by atoms with van der Waals surface area (Å²) in [5.74, 6) is 0.0167. The highest BCUT2D eigenvalue weighted by atomic mass is 16.2. The number of hydrogen-bond donors (Lipinski definition) is 2. The van der Waals surface area contributed by atoms with Crippen molar-refractivity contribution >= 4 is 22.7 Å². The van der Waals surface area contributed by atoms with Crippen LogP contribution < -0.4 is 5.32 Å². The maximum Gasteiger partial charge on any atom is 0.275 e. The van der Waals surface area contributed by atoms with Crippen molar-refractivity contribution in [3.63, 3.8) is 0 Å². The van der Waals surface area contributed by atoms with Crippen LogP contribution in [0.15, 0.2) is 24.3 Å². The minimum absolute atomic E-state index is 0.0857. The number of aromatic amines is 1. The number of fused-ring (bicyclic) bond motifs is 1. The predicted octanol–water partition coefficient (Wildman–Crippen LogP) is 2.08. The van der Waals surface area contributed by atoms with Gasteiger partial charge in [0.15, 0.2) is 5.69 Å². The molecule has 6 heteroatoms. The van der Waals surface area contributed by atoms with E-state index in [1.807, 2.05) is 36.1 Å². The van der Waals surface area contributed by atoms with Gasteiger partial charge in [0.2, 0.25) is 5.91 Å². The van der Waals surface area contributed by atoms with Crippen LogP contribution in [-0.2, 0) is 4.79 Å². The molecule has 2 fully saturated rings. The van der Waals surface area contributed by atoms with Gasteiger partial charge in [-0.05, 0) is 38.7 Å². The highest BCUT2D eigenvalue weighted by molar-refractivity contribution is 6.05. The standard InChI is InChI=1S/C18H22N4O2/c1-12-18(8-4-10-19-17(18)24)9-5-11-22(12)16(23)15-13-6-2-3-7-14(13)20-21-15/h2-3,6-7,12H,4-5,8-11H2,1H3,(H,19,24)(H,20,21)/t12-,18-/m0/s1. The molecule has 1 aromatic carbocycles. The molecule has 2 aliphatic heterocycles. The molecule has 6 nitrogen and oxygen atoms in total. The Morgan fingerprint density at radius 2 is 2.08 bits per heavy atom. The molecule has 3 heterocycles. The summed E-state index contributed by atoms with van der Waals surface area (Å²) in [4.78, 5) is 27.6. The molecule has 4 rings (SSSR count). The van der Waals surface area contributed by atoms with Gasteiger partial charge in [-0.25, -0.2) is 0 Å². The fourth-order valence-electron chi connectivity index (χ4n) is 4.34. The Bertz CT molecular complexity index is 795. The summed E-state index contributed by atoms with van der Waals surface area (Å²) < 4.78 is 0. The van der Waals surface area contributed by atoms with Crippen molar-refractivity contribution in [3.8, 4) is 0 Å². The molecule has 0 unspecified atom stereocenters.